The van der Waals surface area contributed by atoms with Gasteiger partial charge in [-0.3, -0.25) is 4.79 Å². The lowest BCUT2D eigenvalue weighted by molar-refractivity contribution is -0.153. The highest BCUT2D eigenvalue weighted by atomic mass is 35.5. The van der Waals surface area contributed by atoms with E-state index in [9.17, 15) is 18.0 Å². The minimum absolute atomic E-state index is 0. The zero-order valence-electron chi connectivity index (χ0n) is 12.8. The SMILES string of the molecule is Cl.NC(C(=O)Nc1ccc(OCC(F)(F)F)cc1)C1CCOCC1. The van der Waals surface area contributed by atoms with Crippen LogP contribution in [-0.4, -0.2) is 37.9 Å². The topological polar surface area (TPSA) is 73.6 Å². The van der Waals surface area contributed by atoms with E-state index in [2.05, 4.69) is 10.1 Å². The first-order valence-corrected chi connectivity index (χ1v) is 7.29. The lowest BCUT2D eigenvalue weighted by Crippen LogP contribution is -2.43. The van der Waals surface area contributed by atoms with Crippen molar-refractivity contribution in [3.63, 3.8) is 0 Å². The average Bonchev–Trinajstić information content (AvgIpc) is 2.53. The van der Waals surface area contributed by atoms with Crippen LogP contribution in [-0.2, 0) is 9.53 Å². The number of nitrogens with one attached hydrogen (secondary N) is 1. The first-order chi connectivity index (χ1) is 10.8. The number of benzene rings is 1. The van der Waals surface area contributed by atoms with E-state index in [1.807, 2.05) is 0 Å². The molecule has 1 aliphatic rings. The first-order valence-electron chi connectivity index (χ1n) is 7.29. The van der Waals surface area contributed by atoms with Crippen LogP contribution >= 0.6 is 12.4 Å². The van der Waals surface area contributed by atoms with Gasteiger partial charge in [0, 0.05) is 18.9 Å². The quantitative estimate of drug-likeness (QED) is 0.838. The molecule has 3 N–H and O–H groups in total. The summed E-state index contributed by atoms with van der Waals surface area (Å²) in [6.45, 7) is -0.166. The molecule has 1 heterocycles. The number of carbonyl (C=O) groups is 1. The van der Waals surface area contributed by atoms with Gasteiger partial charge in [0.25, 0.3) is 0 Å². The molecule has 1 atom stereocenters. The molecule has 1 fully saturated rings. The summed E-state index contributed by atoms with van der Waals surface area (Å²) in [4.78, 5) is 12.1. The van der Waals surface area contributed by atoms with Crippen molar-refractivity contribution in [2.24, 2.45) is 11.7 Å². The average molecular weight is 369 g/mol. The Kier molecular flexibility index (Phi) is 7.78. The van der Waals surface area contributed by atoms with Gasteiger partial charge in [0.15, 0.2) is 6.61 Å². The molecule has 136 valence electrons. The minimum Gasteiger partial charge on any atom is -0.484 e. The fraction of sp³-hybridized carbons (Fsp3) is 0.533. The van der Waals surface area contributed by atoms with E-state index in [0.717, 1.165) is 12.8 Å². The molecule has 0 spiro atoms. The number of ether oxygens (including phenoxy) is 2. The van der Waals surface area contributed by atoms with E-state index in [1.54, 1.807) is 0 Å². The van der Waals surface area contributed by atoms with Crippen LogP contribution in [0, 0.1) is 5.92 Å². The summed E-state index contributed by atoms with van der Waals surface area (Å²) in [5, 5.41) is 2.66. The minimum atomic E-state index is -4.39. The van der Waals surface area contributed by atoms with Crippen LogP contribution < -0.4 is 15.8 Å². The number of halogens is 4. The standard InChI is InChI=1S/C15H19F3N2O3.ClH/c16-15(17,18)9-23-12-3-1-11(2-4-12)20-14(21)13(19)10-5-7-22-8-6-10;/h1-4,10,13H,5-9,19H2,(H,20,21);1H. The highest BCUT2D eigenvalue weighted by Gasteiger charge is 2.28. The van der Waals surface area contributed by atoms with Crippen molar-refractivity contribution in [1.29, 1.82) is 0 Å². The van der Waals surface area contributed by atoms with Gasteiger partial charge < -0.3 is 20.5 Å². The maximum atomic E-state index is 12.1. The maximum absolute atomic E-state index is 12.1. The molecular weight excluding hydrogens is 349 g/mol. The summed E-state index contributed by atoms with van der Waals surface area (Å²) < 4.78 is 46.0. The summed E-state index contributed by atoms with van der Waals surface area (Å²) in [6, 6.07) is 5.03. The van der Waals surface area contributed by atoms with Crippen LogP contribution in [0.1, 0.15) is 12.8 Å². The zero-order chi connectivity index (χ0) is 16.9. The number of carbonyl (C=O) groups excluding carboxylic acids is 1. The molecule has 0 bridgehead atoms. The van der Waals surface area contributed by atoms with Gasteiger partial charge in [0.05, 0.1) is 6.04 Å². The monoisotopic (exact) mass is 368 g/mol. The first kappa shape index (κ1) is 20.5. The van der Waals surface area contributed by atoms with Crippen molar-refractivity contribution < 1.29 is 27.4 Å². The molecule has 1 aromatic rings. The number of amides is 1. The van der Waals surface area contributed by atoms with Crippen LogP contribution in [0.3, 0.4) is 0 Å². The molecule has 1 unspecified atom stereocenters. The molecule has 1 aromatic carbocycles. The van der Waals surface area contributed by atoms with Crippen molar-refractivity contribution in [2.75, 3.05) is 25.1 Å². The molecule has 1 saturated heterocycles. The number of hydrogen-bond donors (Lipinski definition) is 2. The molecule has 1 amide bonds. The fourth-order valence-corrected chi connectivity index (χ4v) is 2.31. The smallest absolute Gasteiger partial charge is 0.422 e. The van der Waals surface area contributed by atoms with Gasteiger partial charge in [-0.1, -0.05) is 0 Å². The normalized spacial score (nSPS) is 16.8. The molecule has 0 radical (unpaired) electrons. The third-order valence-corrected chi connectivity index (χ3v) is 3.60. The zero-order valence-corrected chi connectivity index (χ0v) is 13.7. The van der Waals surface area contributed by atoms with Gasteiger partial charge in [-0.05, 0) is 43.0 Å². The number of anilines is 1. The predicted octanol–water partition coefficient (Wildman–Crippen LogP) is 2.74. The number of hydrogen-bond acceptors (Lipinski definition) is 4. The van der Waals surface area contributed by atoms with E-state index in [0.29, 0.717) is 18.9 Å². The Morgan fingerprint density at radius 3 is 2.42 bits per heavy atom. The molecule has 9 heteroatoms. The van der Waals surface area contributed by atoms with E-state index in [4.69, 9.17) is 10.5 Å². The predicted molar refractivity (Wildman–Crippen MR) is 85.4 cm³/mol. The van der Waals surface area contributed by atoms with Crippen molar-refractivity contribution in [1.82, 2.24) is 0 Å². The second kappa shape index (κ2) is 9.10. The molecular formula is C15H20ClF3N2O3. The van der Waals surface area contributed by atoms with Crippen molar-refractivity contribution in [3.8, 4) is 5.75 Å². The summed E-state index contributed by atoms with van der Waals surface area (Å²) in [7, 11) is 0. The van der Waals surface area contributed by atoms with Crippen LogP contribution in [0.2, 0.25) is 0 Å². The molecule has 2 rings (SSSR count). The molecule has 0 aromatic heterocycles. The Labute approximate surface area is 144 Å². The van der Waals surface area contributed by atoms with E-state index in [-0.39, 0.29) is 30.0 Å². The summed E-state index contributed by atoms with van der Waals surface area (Å²) >= 11 is 0. The highest BCUT2D eigenvalue weighted by Crippen LogP contribution is 2.22. The molecule has 0 aliphatic carbocycles. The Hall–Kier alpha value is -1.51. The molecule has 1 aliphatic heterocycles. The van der Waals surface area contributed by atoms with Gasteiger partial charge in [0.2, 0.25) is 5.91 Å². The van der Waals surface area contributed by atoms with E-state index < -0.39 is 18.8 Å². The number of nitrogens with two attached hydrogens (primary N) is 1. The van der Waals surface area contributed by atoms with Gasteiger partial charge in [-0.2, -0.15) is 13.2 Å². The Bertz CT molecular complexity index is 520. The van der Waals surface area contributed by atoms with Gasteiger partial charge >= 0.3 is 6.18 Å². The Balaban J connectivity index is 0.00000288. The molecule has 5 nitrogen and oxygen atoms in total. The summed E-state index contributed by atoms with van der Waals surface area (Å²) in [6.07, 6.45) is -2.92. The van der Waals surface area contributed by atoms with Gasteiger partial charge in [-0.15, -0.1) is 12.4 Å². The van der Waals surface area contributed by atoms with Gasteiger partial charge in [-0.25, -0.2) is 0 Å². The third kappa shape index (κ3) is 6.54. The van der Waals surface area contributed by atoms with Crippen LogP contribution in [0.4, 0.5) is 18.9 Å². The van der Waals surface area contributed by atoms with Crippen LogP contribution in [0.15, 0.2) is 24.3 Å². The van der Waals surface area contributed by atoms with Crippen molar-refractivity contribution >= 4 is 24.0 Å². The van der Waals surface area contributed by atoms with Crippen molar-refractivity contribution in [2.45, 2.75) is 25.1 Å². The summed E-state index contributed by atoms with van der Waals surface area (Å²) in [5.74, 6) is -0.173. The molecule has 0 saturated carbocycles. The molecule has 24 heavy (non-hydrogen) atoms. The number of alkyl halides is 3. The van der Waals surface area contributed by atoms with Crippen LogP contribution in [0.5, 0.6) is 5.75 Å². The van der Waals surface area contributed by atoms with Crippen LogP contribution in [0.25, 0.3) is 0 Å². The lowest BCUT2D eigenvalue weighted by Gasteiger charge is -2.26. The fourth-order valence-electron chi connectivity index (χ4n) is 2.31. The Morgan fingerprint density at radius 2 is 1.88 bits per heavy atom. The summed E-state index contributed by atoms with van der Waals surface area (Å²) in [5.41, 5.74) is 6.40. The highest BCUT2D eigenvalue weighted by molar-refractivity contribution is 5.94. The second-order valence-electron chi connectivity index (χ2n) is 5.39. The third-order valence-electron chi connectivity index (χ3n) is 3.60. The van der Waals surface area contributed by atoms with E-state index in [1.165, 1.54) is 24.3 Å². The maximum Gasteiger partial charge on any atom is 0.422 e. The van der Waals surface area contributed by atoms with Gasteiger partial charge in [0.1, 0.15) is 5.75 Å². The second-order valence-corrected chi connectivity index (χ2v) is 5.39. The lowest BCUT2D eigenvalue weighted by atomic mass is 9.92. The largest absolute Gasteiger partial charge is 0.484 e. The van der Waals surface area contributed by atoms with E-state index >= 15 is 0 Å². The number of rotatable bonds is 5. The Morgan fingerprint density at radius 1 is 1.29 bits per heavy atom. The van der Waals surface area contributed by atoms with Crippen molar-refractivity contribution in [3.05, 3.63) is 24.3 Å².